The van der Waals surface area contributed by atoms with Crippen molar-refractivity contribution in [3.05, 3.63) is 105 Å². The van der Waals surface area contributed by atoms with Gasteiger partial charge in [0, 0.05) is 38.3 Å². The lowest BCUT2D eigenvalue weighted by Gasteiger charge is -2.14. The Morgan fingerprint density at radius 3 is 2.44 bits per heavy atom. The Morgan fingerprint density at radius 1 is 1.06 bits per heavy atom. The fourth-order valence-corrected chi connectivity index (χ4v) is 5.84. The van der Waals surface area contributed by atoms with Gasteiger partial charge in [0.2, 0.25) is 0 Å². The molecule has 5 rings (SSSR count). The normalized spacial score (nSPS) is 20.9. The van der Waals surface area contributed by atoms with Crippen LogP contribution in [0.1, 0.15) is 22.6 Å². The molecule has 3 unspecified atom stereocenters. The maximum absolute atomic E-state index is 10.8. The van der Waals surface area contributed by atoms with Crippen molar-refractivity contribution in [1.29, 1.82) is 0 Å². The molecule has 0 bridgehead atoms. The highest BCUT2D eigenvalue weighted by Crippen LogP contribution is 2.63. The van der Waals surface area contributed by atoms with Crippen LogP contribution in [0, 0.1) is 12.8 Å². The summed E-state index contributed by atoms with van der Waals surface area (Å²) in [5, 5.41) is 19.3. The average Bonchev–Trinajstić information content (AvgIpc) is 3.24. The lowest BCUT2D eigenvalue weighted by molar-refractivity contribution is 0.219. The van der Waals surface area contributed by atoms with Crippen molar-refractivity contribution in [3.63, 3.8) is 0 Å². The molecule has 9 heteroatoms. The number of nitrogens with zero attached hydrogens (tertiary/aromatic N) is 2. The first-order chi connectivity index (χ1) is 17.0. The van der Waals surface area contributed by atoms with E-state index in [1.54, 1.807) is 28.9 Å². The van der Waals surface area contributed by atoms with Crippen molar-refractivity contribution >= 4 is 74.5 Å². The summed E-state index contributed by atoms with van der Waals surface area (Å²) in [6.45, 7) is 10.4. The maximum Gasteiger partial charge on any atom is 0.155 e. The molecule has 1 aliphatic carbocycles. The number of nitrogens with two attached hydrogens (primary N) is 1. The molecule has 5 nitrogen and oxygen atoms in total. The zero-order valence-electron chi connectivity index (χ0n) is 19.2. The van der Waals surface area contributed by atoms with Crippen LogP contribution in [-0.2, 0) is 0 Å². The van der Waals surface area contributed by atoms with E-state index in [2.05, 4.69) is 23.6 Å². The minimum absolute atomic E-state index is 0.409. The van der Waals surface area contributed by atoms with Gasteiger partial charge in [-0.2, -0.15) is 0 Å². The van der Waals surface area contributed by atoms with Gasteiger partial charge in [-0.3, -0.25) is 0 Å². The van der Waals surface area contributed by atoms with E-state index in [4.69, 9.17) is 52.1 Å². The molecule has 1 aliphatic rings. The SMILES string of the molecule is C=C(Nc1ccc(Cl)c(C(=C)n2nc(N)c3ccc(C)cc32)c1)C1C(c2cc(Cl)cc(Cl)c2)C1(O)Cl. The molecule has 184 valence electrons. The van der Waals surface area contributed by atoms with Crippen LogP contribution < -0.4 is 11.1 Å². The van der Waals surface area contributed by atoms with Gasteiger partial charge in [0.1, 0.15) is 0 Å². The van der Waals surface area contributed by atoms with Gasteiger partial charge in [-0.1, -0.05) is 65.6 Å². The standard InChI is InChI=1S/C27H22Cl4N4O/c1-13-4-6-20-23(8-13)35(34-26(20)32)15(3)21-12-19(5-7-22(21)30)33-14(2)24-25(27(24,31)36)16-9-17(28)11-18(29)10-16/h4-12,24-25,33,36H,2-3H2,1H3,(H2,32,34). The van der Waals surface area contributed by atoms with Crippen molar-refractivity contribution in [1.82, 2.24) is 9.78 Å². The van der Waals surface area contributed by atoms with Crippen molar-refractivity contribution in [2.24, 2.45) is 5.92 Å². The Labute approximate surface area is 228 Å². The van der Waals surface area contributed by atoms with E-state index < -0.39 is 16.9 Å². The number of nitrogens with one attached hydrogen (secondary N) is 1. The number of hydrogen-bond acceptors (Lipinski definition) is 4. The van der Waals surface area contributed by atoms with Crippen LogP contribution in [0.4, 0.5) is 11.5 Å². The van der Waals surface area contributed by atoms with Crippen LogP contribution in [0.25, 0.3) is 16.6 Å². The summed E-state index contributed by atoms with van der Waals surface area (Å²) in [6, 6.07) is 16.4. The first-order valence-electron chi connectivity index (χ1n) is 11.0. The molecule has 0 radical (unpaired) electrons. The monoisotopic (exact) mass is 558 g/mol. The highest BCUT2D eigenvalue weighted by atomic mass is 35.5. The highest BCUT2D eigenvalue weighted by molar-refractivity contribution is 6.35. The third kappa shape index (κ3) is 4.36. The summed E-state index contributed by atoms with van der Waals surface area (Å²) in [5.41, 5.74) is 11.2. The van der Waals surface area contributed by atoms with Crippen LogP contribution in [0.5, 0.6) is 0 Å². The second-order valence-electron chi connectivity index (χ2n) is 8.99. The predicted octanol–water partition coefficient (Wildman–Crippen LogP) is 7.67. The largest absolute Gasteiger partial charge is 0.382 e. The van der Waals surface area contributed by atoms with Gasteiger partial charge in [-0.05, 0) is 66.6 Å². The number of anilines is 2. The van der Waals surface area contributed by atoms with E-state index in [9.17, 15) is 5.11 Å². The number of fused-ring (bicyclic) bond motifs is 1. The predicted molar refractivity (Wildman–Crippen MR) is 151 cm³/mol. The molecule has 3 aromatic carbocycles. The summed E-state index contributed by atoms with van der Waals surface area (Å²) in [4.78, 5) is 0. The van der Waals surface area contributed by atoms with E-state index in [0.717, 1.165) is 22.0 Å². The number of rotatable bonds is 6. The minimum atomic E-state index is -1.51. The molecule has 0 aliphatic heterocycles. The van der Waals surface area contributed by atoms with E-state index in [1.165, 1.54) is 0 Å². The lowest BCUT2D eigenvalue weighted by atomic mass is 10.1. The van der Waals surface area contributed by atoms with Gasteiger partial charge in [0.25, 0.3) is 0 Å². The van der Waals surface area contributed by atoms with E-state index in [-0.39, 0.29) is 0 Å². The average molecular weight is 560 g/mol. The van der Waals surface area contributed by atoms with Crippen LogP contribution in [0.15, 0.2) is 73.5 Å². The van der Waals surface area contributed by atoms with Crippen LogP contribution in [-0.4, -0.2) is 19.9 Å². The smallest absolute Gasteiger partial charge is 0.155 e. The van der Waals surface area contributed by atoms with Crippen LogP contribution in [0.3, 0.4) is 0 Å². The summed E-state index contributed by atoms with van der Waals surface area (Å²) in [5.74, 6) is -0.472. The third-order valence-corrected chi connectivity index (χ3v) is 7.66. The van der Waals surface area contributed by atoms with Crippen molar-refractivity contribution < 1.29 is 5.11 Å². The summed E-state index contributed by atoms with van der Waals surface area (Å²) in [7, 11) is 0. The van der Waals surface area contributed by atoms with Gasteiger partial charge in [-0.15, -0.1) is 5.10 Å². The fourth-order valence-electron chi connectivity index (χ4n) is 4.63. The Bertz CT molecular complexity index is 1540. The number of alkyl halides is 1. The van der Waals surface area contributed by atoms with Crippen molar-refractivity contribution in [2.75, 3.05) is 11.1 Å². The van der Waals surface area contributed by atoms with Gasteiger partial charge in [0.05, 0.1) is 22.2 Å². The Kier molecular flexibility index (Phi) is 6.26. The molecule has 0 spiro atoms. The van der Waals surface area contributed by atoms with Crippen LogP contribution >= 0.6 is 46.4 Å². The summed E-state index contributed by atoms with van der Waals surface area (Å²) < 4.78 is 1.69. The number of halogens is 4. The number of nitrogen functional groups attached to an aromatic ring is 1. The topological polar surface area (TPSA) is 76.1 Å². The van der Waals surface area contributed by atoms with E-state index in [0.29, 0.717) is 43.5 Å². The molecule has 3 atom stereocenters. The maximum atomic E-state index is 10.8. The molecule has 1 aromatic heterocycles. The minimum Gasteiger partial charge on any atom is -0.382 e. The second-order valence-corrected chi connectivity index (χ2v) is 10.9. The first kappa shape index (κ1) is 25.0. The van der Waals surface area contributed by atoms with Gasteiger partial charge >= 0.3 is 0 Å². The Hall–Kier alpha value is -2.67. The quantitative estimate of drug-likeness (QED) is 0.212. The van der Waals surface area contributed by atoms with Crippen LogP contribution in [0.2, 0.25) is 15.1 Å². The zero-order chi connectivity index (χ0) is 25.9. The molecule has 4 aromatic rings. The number of benzene rings is 3. The van der Waals surface area contributed by atoms with Gasteiger partial charge in [-0.25, -0.2) is 4.68 Å². The first-order valence-corrected chi connectivity index (χ1v) is 12.6. The summed E-state index contributed by atoms with van der Waals surface area (Å²) >= 11 is 25.3. The number of hydrogen-bond donors (Lipinski definition) is 3. The highest BCUT2D eigenvalue weighted by Gasteiger charge is 2.65. The fraction of sp³-hybridized carbons (Fsp3) is 0.148. The molecule has 36 heavy (non-hydrogen) atoms. The number of aromatic nitrogens is 2. The molecule has 1 heterocycles. The Balaban J connectivity index is 1.42. The second kappa shape index (κ2) is 9.02. The Morgan fingerprint density at radius 2 is 1.75 bits per heavy atom. The van der Waals surface area contributed by atoms with E-state index >= 15 is 0 Å². The molecule has 1 saturated carbocycles. The molecular formula is C27H22Cl4N4O. The van der Waals surface area contributed by atoms with Crippen molar-refractivity contribution in [3.8, 4) is 0 Å². The molecular weight excluding hydrogens is 538 g/mol. The van der Waals surface area contributed by atoms with Gasteiger partial charge in [0.15, 0.2) is 10.9 Å². The molecule has 4 N–H and O–H groups in total. The zero-order valence-corrected chi connectivity index (χ0v) is 22.2. The van der Waals surface area contributed by atoms with Crippen molar-refractivity contribution in [2.45, 2.75) is 17.9 Å². The summed E-state index contributed by atoms with van der Waals surface area (Å²) in [6.07, 6.45) is 0. The third-order valence-electron chi connectivity index (χ3n) is 6.42. The van der Waals surface area contributed by atoms with E-state index in [1.807, 2.05) is 37.3 Å². The molecule has 0 amide bonds. The number of aryl methyl sites for hydroxylation is 1. The molecule has 1 fully saturated rings. The lowest BCUT2D eigenvalue weighted by Crippen LogP contribution is -2.08. The number of aliphatic hydroxyl groups is 1. The van der Waals surface area contributed by atoms with Gasteiger partial charge < -0.3 is 16.2 Å². The molecule has 0 saturated heterocycles.